The molecule has 7 N–H and O–H groups in total. The number of amides is 3. The third-order valence-corrected chi connectivity index (χ3v) is 5.13. The Morgan fingerprint density at radius 3 is 2.47 bits per heavy atom. The Morgan fingerprint density at radius 1 is 1.06 bits per heavy atom. The molecule has 0 saturated heterocycles. The maximum absolute atomic E-state index is 13.1. The summed E-state index contributed by atoms with van der Waals surface area (Å²) in [6, 6.07) is 7.60. The molecule has 0 aliphatic carbocycles. The van der Waals surface area contributed by atoms with Crippen LogP contribution in [0.1, 0.15) is 45.8 Å². The molecule has 11 heteroatoms. The zero-order valence-corrected chi connectivity index (χ0v) is 18.3. The minimum absolute atomic E-state index is 0.00617. The molecule has 3 amide bonds. The fourth-order valence-electron chi connectivity index (χ4n) is 3.33. The van der Waals surface area contributed by atoms with Crippen LogP contribution in [0.25, 0.3) is 10.9 Å². The van der Waals surface area contributed by atoms with Gasteiger partial charge in [-0.2, -0.15) is 0 Å². The fraction of sp³-hybridized carbons (Fsp3) is 0.261. The molecule has 0 fully saturated rings. The second kappa shape index (κ2) is 11.1. The van der Waals surface area contributed by atoms with Gasteiger partial charge in [-0.15, -0.1) is 0 Å². The van der Waals surface area contributed by atoms with Crippen molar-refractivity contribution >= 4 is 28.6 Å². The van der Waals surface area contributed by atoms with E-state index in [2.05, 4.69) is 20.6 Å². The zero-order valence-electron chi connectivity index (χ0n) is 18.3. The van der Waals surface area contributed by atoms with Crippen LogP contribution < -0.4 is 22.1 Å². The van der Waals surface area contributed by atoms with Crippen molar-refractivity contribution in [1.29, 1.82) is 0 Å². The minimum atomic E-state index is -0.961. The molecule has 34 heavy (non-hydrogen) atoms. The molecule has 1 atom stereocenters. The van der Waals surface area contributed by atoms with Gasteiger partial charge in [-0.1, -0.05) is 12.1 Å². The van der Waals surface area contributed by atoms with Gasteiger partial charge >= 0.3 is 0 Å². The van der Waals surface area contributed by atoms with Crippen LogP contribution in [0.4, 0.5) is 4.39 Å². The van der Waals surface area contributed by atoms with E-state index in [4.69, 9.17) is 11.5 Å². The summed E-state index contributed by atoms with van der Waals surface area (Å²) in [4.78, 5) is 45.8. The molecule has 0 unspecified atom stereocenters. The number of benzene rings is 1. The van der Waals surface area contributed by atoms with E-state index >= 15 is 0 Å². The molecule has 1 aromatic carbocycles. The number of hydrogen-bond acceptors (Lipinski definition) is 7. The number of halogens is 1. The highest BCUT2D eigenvalue weighted by molar-refractivity contribution is 6.10. The van der Waals surface area contributed by atoms with Gasteiger partial charge in [0, 0.05) is 18.1 Å². The largest absolute Gasteiger partial charge is 0.504 e. The SMILES string of the molecule is NCCCC[C@H](NC(=O)c1nc(C(=O)NCc2ccc(F)cc2)c(O)c2ncccc12)C(N)=O. The summed E-state index contributed by atoms with van der Waals surface area (Å²) in [5, 5.41) is 15.9. The molecule has 10 nitrogen and oxygen atoms in total. The highest BCUT2D eigenvalue weighted by atomic mass is 19.1. The lowest BCUT2D eigenvalue weighted by Gasteiger charge is -2.16. The molecule has 3 aromatic rings. The molecule has 3 rings (SSSR count). The molecule has 0 radical (unpaired) electrons. The van der Waals surface area contributed by atoms with Gasteiger partial charge in [-0.05, 0) is 55.6 Å². The molecule has 2 aromatic heterocycles. The number of hydrogen-bond donors (Lipinski definition) is 5. The Hall–Kier alpha value is -4.12. The average molecular weight is 468 g/mol. The molecule has 0 aliphatic heterocycles. The highest BCUT2D eigenvalue weighted by Crippen LogP contribution is 2.28. The molecular weight excluding hydrogens is 443 g/mol. The first kappa shape index (κ1) is 24.5. The van der Waals surface area contributed by atoms with Crippen LogP contribution in [-0.2, 0) is 11.3 Å². The van der Waals surface area contributed by atoms with Gasteiger partial charge in [-0.3, -0.25) is 19.4 Å². The van der Waals surface area contributed by atoms with Crippen molar-refractivity contribution in [2.75, 3.05) is 6.54 Å². The van der Waals surface area contributed by atoms with Crippen LogP contribution in [0.2, 0.25) is 0 Å². The van der Waals surface area contributed by atoms with Crippen LogP contribution in [0.3, 0.4) is 0 Å². The first-order valence-electron chi connectivity index (χ1n) is 10.6. The Morgan fingerprint density at radius 2 is 1.79 bits per heavy atom. The monoisotopic (exact) mass is 468 g/mol. The van der Waals surface area contributed by atoms with E-state index in [1.807, 2.05) is 0 Å². The van der Waals surface area contributed by atoms with Gasteiger partial charge in [0.25, 0.3) is 11.8 Å². The Bertz CT molecular complexity index is 1200. The van der Waals surface area contributed by atoms with E-state index in [1.165, 1.54) is 36.5 Å². The van der Waals surface area contributed by atoms with E-state index in [0.29, 0.717) is 24.9 Å². The van der Waals surface area contributed by atoms with Crippen molar-refractivity contribution in [2.24, 2.45) is 11.5 Å². The van der Waals surface area contributed by atoms with Crippen LogP contribution in [-0.4, -0.2) is 45.4 Å². The van der Waals surface area contributed by atoms with E-state index in [-0.39, 0.29) is 29.6 Å². The maximum Gasteiger partial charge on any atom is 0.274 e. The Kier molecular flexibility index (Phi) is 8.04. The number of carbonyl (C=O) groups is 3. The lowest BCUT2D eigenvalue weighted by molar-refractivity contribution is -0.120. The molecule has 0 bridgehead atoms. The number of carbonyl (C=O) groups excluding carboxylic acids is 3. The van der Waals surface area contributed by atoms with Gasteiger partial charge in [0.1, 0.15) is 23.1 Å². The molecular formula is C23H25FN6O4. The van der Waals surface area contributed by atoms with Crippen LogP contribution >= 0.6 is 0 Å². The normalized spacial score (nSPS) is 11.7. The van der Waals surface area contributed by atoms with Crippen LogP contribution in [0.5, 0.6) is 5.75 Å². The first-order valence-corrected chi connectivity index (χ1v) is 10.6. The fourth-order valence-corrected chi connectivity index (χ4v) is 3.33. The smallest absolute Gasteiger partial charge is 0.274 e. The van der Waals surface area contributed by atoms with Crippen molar-refractivity contribution in [3.05, 3.63) is 65.4 Å². The summed E-state index contributed by atoms with van der Waals surface area (Å²) in [5.74, 6) is -3.15. The van der Waals surface area contributed by atoms with Gasteiger partial charge < -0.3 is 27.2 Å². The van der Waals surface area contributed by atoms with Gasteiger partial charge in [0.05, 0.1) is 0 Å². The molecule has 0 aliphatic rings. The van der Waals surface area contributed by atoms with Crippen molar-refractivity contribution < 1.29 is 23.9 Å². The topological polar surface area (TPSA) is 173 Å². The number of fused-ring (bicyclic) bond motifs is 1. The average Bonchev–Trinajstić information content (AvgIpc) is 2.83. The summed E-state index contributed by atoms with van der Waals surface area (Å²) in [6.45, 7) is 0.471. The number of aromatic nitrogens is 2. The number of primary amides is 1. The second-order valence-electron chi connectivity index (χ2n) is 7.58. The third kappa shape index (κ3) is 5.81. The summed E-state index contributed by atoms with van der Waals surface area (Å²) >= 11 is 0. The van der Waals surface area contributed by atoms with Gasteiger partial charge in [0.2, 0.25) is 5.91 Å². The van der Waals surface area contributed by atoms with Crippen molar-refractivity contribution in [3.8, 4) is 5.75 Å². The number of nitrogens with two attached hydrogens (primary N) is 2. The van der Waals surface area contributed by atoms with Crippen molar-refractivity contribution in [2.45, 2.75) is 31.8 Å². The van der Waals surface area contributed by atoms with Crippen LogP contribution in [0.15, 0.2) is 42.6 Å². The number of aromatic hydroxyl groups is 1. The number of nitrogens with one attached hydrogen (secondary N) is 2. The quantitative estimate of drug-likeness (QED) is 0.277. The molecule has 2 heterocycles. The highest BCUT2D eigenvalue weighted by Gasteiger charge is 2.25. The zero-order chi connectivity index (χ0) is 24.7. The number of rotatable bonds is 10. The third-order valence-electron chi connectivity index (χ3n) is 5.13. The summed E-state index contributed by atoms with van der Waals surface area (Å²) < 4.78 is 13.1. The van der Waals surface area contributed by atoms with E-state index in [9.17, 15) is 23.9 Å². The Balaban J connectivity index is 1.89. The minimum Gasteiger partial charge on any atom is -0.504 e. The second-order valence-corrected chi connectivity index (χ2v) is 7.58. The lowest BCUT2D eigenvalue weighted by atomic mass is 10.1. The van der Waals surface area contributed by atoms with E-state index in [0.717, 1.165) is 0 Å². The molecule has 0 spiro atoms. The van der Waals surface area contributed by atoms with Crippen molar-refractivity contribution in [1.82, 2.24) is 20.6 Å². The van der Waals surface area contributed by atoms with Crippen molar-refractivity contribution in [3.63, 3.8) is 0 Å². The van der Waals surface area contributed by atoms with Gasteiger partial charge in [-0.25, -0.2) is 9.37 Å². The first-order chi connectivity index (χ1) is 16.3. The lowest BCUT2D eigenvalue weighted by Crippen LogP contribution is -2.44. The predicted molar refractivity (Wildman–Crippen MR) is 122 cm³/mol. The Labute approximate surface area is 194 Å². The summed E-state index contributed by atoms with van der Waals surface area (Å²) in [6.07, 6.45) is 2.91. The molecule has 0 saturated carbocycles. The van der Waals surface area contributed by atoms with Gasteiger partial charge in [0.15, 0.2) is 11.4 Å². The molecule has 178 valence electrons. The van der Waals surface area contributed by atoms with E-state index < -0.39 is 41.0 Å². The number of pyridine rings is 2. The standard InChI is InChI=1S/C23H25FN6O4/c24-14-8-6-13(7-9-14)12-28-22(33)19-20(31)17-15(4-3-11-27-17)18(30-19)23(34)29-16(21(26)32)5-1-2-10-25/h3-4,6-9,11,16,31H,1-2,5,10,12,25H2,(H2,26,32)(H,28,33)(H,29,34)/t16-/m0/s1. The number of nitrogens with zero attached hydrogens (tertiary/aromatic N) is 2. The predicted octanol–water partition coefficient (Wildman–Crippen LogP) is 1.12. The summed E-state index contributed by atoms with van der Waals surface area (Å²) in [7, 11) is 0. The maximum atomic E-state index is 13.1. The van der Waals surface area contributed by atoms with Crippen LogP contribution in [0, 0.1) is 5.82 Å². The van der Waals surface area contributed by atoms with E-state index in [1.54, 1.807) is 6.07 Å². The summed E-state index contributed by atoms with van der Waals surface area (Å²) in [5.41, 5.74) is 10.9. The number of unbranched alkanes of at least 4 members (excludes halogenated alkanes) is 1.